The van der Waals surface area contributed by atoms with Crippen molar-refractivity contribution in [2.75, 3.05) is 14.2 Å². The van der Waals surface area contributed by atoms with E-state index in [1.807, 2.05) is 53.4 Å². The van der Waals surface area contributed by atoms with E-state index in [4.69, 9.17) is 16.3 Å². The van der Waals surface area contributed by atoms with Gasteiger partial charge < -0.3 is 9.29 Å². The van der Waals surface area contributed by atoms with Crippen molar-refractivity contribution in [3.63, 3.8) is 0 Å². The third-order valence-electron chi connectivity index (χ3n) is 2.37. The molecule has 0 radical (unpaired) electrons. The van der Waals surface area contributed by atoms with Crippen molar-refractivity contribution >= 4 is 22.0 Å². The van der Waals surface area contributed by atoms with Gasteiger partial charge in [0.25, 0.3) is 0 Å². The highest BCUT2D eigenvalue weighted by Crippen LogP contribution is 2.15. The summed E-state index contributed by atoms with van der Waals surface area (Å²) in [5.74, 6) is 0.832. The van der Waals surface area contributed by atoms with Crippen molar-refractivity contribution in [1.82, 2.24) is 0 Å². The van der Waals surface area contributed by atoms with Crippen LogP contribution in [-0.4, -0.2) is 27.2 Å². The molecule has 8 heteroatoms. The Morgan fingerprint density at radius 2 is 1.62 bits per heavy atom. The minimum Gasteiger partial charge on any atom is -0.726 e. The molecule has 1 aromatic heterocycles. The van der Waals surface area contributed by atoms with E-state index < -0.39 is 10.4 Å². The second-order valence-corrected chi connectivity index (χ2v) is 5.23. The number of methoxy groups -OCH3 is 1. The van der Waals surface area contributed by atoms with Crippen LogP contribution < -0.4 is 9.30 Å². The van der Waals surface area contributed by atoms with Crippen molar-refractivity contribution in [2.24, 2.45) is 0 Å². The predicted molar refractivity (Wildman–Crippen MR) is 76.2 cm³/mol. The molecule has 0 aliphatic carbocycles. The smallest absolute Gasteiger partial charge is 0.229 e. The fourth-order valence-electron chi connectivity index (χ4n) is 1.37. The van der Waals surface area contributed by atoms with Gasteiger partial charge in [-0.3, -0.25) is 4.18 Å². The molecule has 0 N–H and O–H groups in total. The van der Waals surface area contributed by atoms with E-state index in [2.05, 4.69) is 4.18 Å². The Labute approximate surface area is 128 Å². The molecule has 0 aliphatic rings. The molecule has 0 bridgehead atoms. The van der Waals surface area contributed by atoms with Crippen molar-refractivity contribution in [3.8, 4) is 11.4 Å². The average molecular weight is 332 g/mol. The van der Waals surface area contributed by atoms with E-state index in [-0.39, 0.29) is 0 Å². The van der Waals surface area contributed by atoms with E-state index >= 15 is 0 Å². The lowest BCUT2D eigenvalue weighted by atomic mass is 10.3. The number of hydrogen-bond donors (Lipinski definition) is 0. The minimum atomic E-state index is -4.41. The summed E-state index contributed by atoms with van der Waals surface area (Å²) in [6, 6.07) is 11.5. The number of benzene rings is 1. The number of rotatable bonds is 3. The van der Waals surface area contributed by atoms with E-state index in [9.17, 15) is 13.0 Å². The first-order valence-corrected chi connectivity index (χ1v) is 7.40. The van der Waals surface area contributed by atoms with Gasteiger partial charge in [0.1, 0.15) is 10.8 Å². The topological polar surface area (TPSA) is 79.5 Å². The van der Waals surface area contributed by atoms with Crippen LogP contribution in [0.2, 0.25) is 5.02 Å². The molecule has 6 nitrogen and oxygen atoms in total. The molecule has 0 fully saturated rings. The fraction of sp³-hybridized carbons (Fsp3) is 0.154. The lowest BCUT2D eigenvalue weighted by Gasteiger charge is -1.99. The molecule has 2 aromatic rings. The summed E-state index contributed by atoms with van der Waals surface area (Å²) in [4.78, 5) is 0. The number of hydrogen-bond acceptors (Lipinski definition) is 5. The first kappa shape index (κ1) is 17.4. The molecule has 2 rings (SSSR count). The summed E-state index contributed by atoms with van der Waals surface area (Å²) < 4.78 is 38.1. The molecular weight excluding hydrogens is 318 g/mol. The highest BCUT2D eigenvalue weighted by molar-refractivity contribution is 7.80. The predicted octanol–water partition coefficient (Wildman–Crippen LogP) is 1.72. The second-order valence-electron chi connectivity index (χ2n) is 3.67. The van der Waals surface area contributed by atoms with Crippen LogP contribution >= 0.6 is 11.6 Å². The van der Waals surface area contributed by atoms with Gasteiger partial charge >= 0.3 is 0 Å². The number of halogens is 1. The summed E-state index contributed by atoms with van der Waals surface area (Å²) in [6.07, 6.45) is 3.83. The first-order chi connectivity index (χ1) is 9.87. The fourth-order valence-corrected chi connectivity index (χ4v) is 1.60. The largest absolute Gasteiger partial charge is 0.726 e. The SMILES string of the molecule is COS(=O)(=O)[O-].COc1cc[n+](-c2ccccc2Cl)cc1. The summed E-state index contributed by atoms with van der Waals surface area (Å²) in [5, 5.41) is 0.729. The molecule has 21 heavy (non-hydrogen) atoms. The summed E-state index contributed by atoms with van der Waals surface area (Å²) in [5.41, 5.74) is 0.960. The molecule has 1 heterocycles. The Bertz CT molecular complexity index is 673. The summed E-state index contributed by atoms with van der Waals surface area (Å²) in [7, 11) is -1.96. The van der Waals surface area contributed by atoms with Gasteiger partial charge in [0, 0.05) is 18.2 Å². The number of ether oxygens (including phenoxy) is 1. The molecule has 0 saturated carbocycles. The Morgan fingerprint density at radius 3 is 2.05 bits per heavy atom. The van der Waals surface area contributed by atoms with Crippen LogP contribution in [0, 0.1) is 0 Å². The van der Waals surface area contributed by atoms with Gasteiger partial charge in [-0.25, -0.2) is 8.42 Å². The second kappa shape index (κ2) is 7.94. The number of nitrogens with zero attached hydrogens (tertiary/aromatic N) is 1. The van der Waals surface area contributed by atoms with Gasteiger partial charge in [0.05, 0.1) is 14.2 Å². The van der Waals surface area contributed by atoms with Crippen LogP contribution in [-0.2, 0) is 14.6 Å². The molecule has 0 spiro atoms. The standard InChI is InChI=1S/C12H11ClNO.CH4O4S/c1-15-10-6-8-14(9-7-10)12-5-3-2-4-11(12)13;1-5-6(2,3)4/h2-9H,1H3;1H3,(H,2,3,4)/q+1;/p-1. The van der Waals surface area contributed by atoms with Gasteiger partial charge in [0.2, 0.25) is 16.1 Å². The van der Waals surface area contributed by atoms with Crippen molar-refractivity contribution in [3.05, 3.63) is 53.8 Å². The van der Waals surface area contributed by atoms with Crippen LogP contribution in [0.25, 0.3) is 5.69 Å². The Morgan fingerprint density at radius 1 is 1.10 bits per heavy atom. The number of aromatic nitrogens is 1. The zero-order valence-electron chi connectivity index (χ0n) is 11.4. The minimum absolute atomic E-state index is 0.729. The van der Waals surface area contributed by atoms with Gasteiger partial charge in [0.15, 0.2) is 12.4 Å². The molecule has 0 aliphatic heterocycles. The summed E-state index contributed by atoms with van der Waals surface area (Å²) >= 11 is 6.08. The third-order valence-corrected chi connectivity index (χ3v) is 3.10. The Hall–Kier alpha value is -1.67. The molecule has 0 amide bonds. The zero-order valence-corrected chi connectivity index (χ0v) is 13.0. The van der Waals surface area contributed by atoms with Gasteiger partial charge in [-0.15, -0.1) is 0 Å². The maximum absolute atomic E-state index is 9.22. The first-order valence-electron chi connectivity index (χ1n) is 5.69. The van der Waals surface area contributed by atoms with Crippen LogP contribution in [0.1, 0.15) is 0 Å². The lowest BCUT2D eigenvalue weighted by Crippen LogP contribution is -2.29. The van der Waals surface area contributed by atoms with E-state index in [1.165, 1.54) is 0 Å². The maximum atomic E-state index is 9.22. The van der Waals surface area contributed by atoms with Crippen LogP contribution in [0.3, 0.4) is 0 Å². The normalized spacial score (nSPS) is 10.5. The Balaban J connectivity index is 0.000000315. The summed E-state index contributed by atoms with van der Waals surface area (Å²) in [6.45, 7) is 0. The highest BCUT2D eigenvalue weighted by atomic mass is 35.5. The average Bonchev–Trinajstić information content (AvgIpc) is 2.48. The van der Waals surface area contributed by atoms with E-state index in [1.54, 1.807) is 7.11 Å². The monoisotopic (exact) mass is 331 g/mol. The van der Waals surface area contributed by atoms with Crippen molar-refractivity contribution in [2.45, 2.75) is 0 Å². The van der Waals surface area contributed by atoms with Crippen molar-refractivity contribution < 1.29 is 26.5 Å². The van der Waals surface area contributed by atoms with Gasteiger partial charge in [-0.2, -0.15) is 4.57 Å². The van der Waals surface area contributed by atoms with Gasteiger partial charge in [-0.1, -0.05) is 23.7 Å². The molecular formula is C13H14ClNO5S. The van der Waals surface area contributed by atoms with Crippen LogP contribution in [0.5, 0.6) is 5.75 Å². The zero-order chi connectivity index (χ0) is 15.9. The van der Waals surface area contributed by atoms with E-state index in [0.717, 1.165) is 23.6 Å². The van der Waals surface area contributed by atoms with E-state index in [0.29, 0.717) is 0 Å². The number of para-hydroxylation sites is 1. The molecule has 0 atom stereocenters. The maximum Gasteiger partial charge on any atom is 0.229 e. The van der Waals surface area contributed by atoms with Crippen LogP contribution in [0.4, 0.5) is 0 Å². The lowest BCUT2D eigenvalue weighted by molar-refractivity contribution is -0.595. The van der Waals surface area contributed by atoms with Crippen LogP contribution in [0.15, 0.2) is 48.8 Å². The number of pyridine rings is 1. The molecule has 1 aromatic carbocycles. The molecule has 0 saturated heterocycles. The third kappa shape index (κ3) is 6.09. The molecule has 114 valence electrons. The Kier molecular flexibility index (Phi) is 6.57. The molecule has 0 unspecified atom stereocenters. The van der Waals surface area contributed by atoms with Crippen molar-refractivity contribution in [1.29, 1.82) is 0 Å². The quantitative estimate of drug-likeness (QED) is 0.486. The van der Waals surface area contributed by atoms with Gasteiger partial charge in [-0.05, 0) is 6.07 Å². The highest BCUT2D eigenvalue weighted by Gasteiger charge is 2.09.